The molecule has 1 aromatic rings. The molecule has 0 bridgehead atoms. The van der Waals surface area contributed by atoms with E-state index < -0.39 is 0 Å². The molecule has 0 saturated carbocycles. The Morgan fingerprint density at radius 2 is 2.06 bits per heavy atom. The van der Waals surface area contributed by atoms with Crippen molar-refractivity contribution in [1.82, 2.24) is 0 Å². The quantitative estimate of drug-likeness (QED) is 0.779. The molecule has 2 nitrogen and oxygen atoms in total. The molecule has 90 valence electrons. The molecule has 2 heteroatoms. The monoisotopic (exact) mass is 230 g/mol. The van der Waals surface area contributed by atoms with Gasteiger partial charge >= 0.3 is 0 Å². The standard InChI is InChI=1S/C15H18O2/c16-15-6-7-17-10-14(15)9-11-4-5-12-2-1-3-13(12)8-11/h4-5,8,14H,1-3,6-7,9-10H2. The molecule has 1 aliphatic heterocycles. The van der Waals surface area contributed by atoms with Crippen LogP contribution in [0.15, 0.2) is 18.2 Å². The average Bonchev–Trinajstić information content (AvgIpc) is 2.79. The highest BCUT2D eigenvalue weighted by atomic mass is 16.5. The molecule has 0 amide bonds. The molecule has 1 fully saturated rings. The summed E-state index contributed by atoms with van der Waals surface area (Å²) in [7, 11) is 0. The van der Waals surface area contributed by atoms with Crippen molar-refractivity contribution in [1.29, 1.82) is 0 Å². The molecule has 0 spiro atoms. The number of hydrogen-bond donors (Lipinski definition) is 0. The number of Topliss-reactive ketones (excluding diaryl/α,β-unsaturated/α-hetero) is 1. The first-order valence-corrected chi connectivity index (χ1v) is 6.54. The van der Waals surface area contributed by atoms with Gasteiger partial charge < -0.3 is 4.74 Å². The third-order valence-corrected chi connectivity index (χ3v) is 3.91. The third-order valence-electron chi connectivity index (χ3n) is 3.91. The second kappa shape index (κ2) is 4.61. The van der Waals surface area contributed by atoms with E-state index in [4.69, 9.17) is 4.74 Å². The van der Waals surface area contributed by atoms with E-state index in [0.29, 0.717) is 25.4 Å². The predicted molar refractivity (Wildman–Crippen MR) is 66.1 cm³/mol. The predicted octanol–water partition coefficient (Wildman–Crippen LogP) is 2.32. The van der Waals surface area contributed by atoms with Crippen molar-refractivity contribution in [2.45, 2.75) is 32.1 Å². The van der Waals surface area contributed by atoms with E-state index in [1.807, 2.05) is 0 Å². The summed E-state index contributed by atoms with van der Waals surface area (Å²) in [4.78, 5) is 11.8. The highest BCUT2D eigenvalue weighted by Gasteiger charge is 2.23. The van der Waals surface area contributed by atoms with Crippen LogP contribution in [0.2, 0.25) is 0 Å². The fourth-order valence-corrected chi connectivity index (χ4v) is 2.90. The molecule has 0 radical (unpaired) electrons. The zero-order valence-corrected chi connectivity index (χ0v) is 10.1. The Balaban J connectivity index is 1.74. The smallest absolute Gasteiger partial charge is 0.140 e. The van der Waals surface area contributed by atoms with Crippen molar-refractivity contribution in [2.24, 2.45) is 5.92 Å². The normalized spacial score (nSPS) is 23.8. The summed E-state index contributed by atoms with van der Waals surface area (Å²) in [6, 6.07) is 6.72. The van der Waals surface area contributed by atoms with Crippen LogP contribution in [-0.4, -0.2) is 19.0 Å². The summed E-state index contributed by atoms with van der Waals surface area (Å²) < 4.78 is 5.40. The molecule has 1 aromatic carbocycles. The maximum atomic E-state index is 11.8. The second-order valence-electron chi connectivity index (χ2n) is 5.15. The average molecular weight is 230 g/mol. The van der Waals surface area contributed by atoms with E-state index in [9.17, 15) is 4.79 Å². The third kappa shape index (κ3) is 2.27. The van der Waals surface area contributed by atoms with E-state index in [1.54, 1.807) is 0 Å². The first kappa shape index (κ1) is 11.0. The minimum absolute atomic E-state index is 0.0863. The van der Waals surface area contributed by atoms with E-state index >= 15 is 0 Å². The Morgan fingerprint density at radius 1 is 1.18 bits per heavy atom. The van der Waals surface area contributed by atoms with E-state index in [1.165, 1.54) is 36.0 Å². The van der Waals surface area contributed by atoms with Gasteiger partial charge in [-0.05, 0) is 42.4 Å². The summed E-state index contributed by atoms with van der Waals surface area (Å²) in [5.41, 5.74) is 4.29. The second-order valence-corrected chi connectivity index (χ2v) is 5.15. The van der Waals surface area contributed by atoms with Crippen molar-refractivity contribution in [3.8, 4) is 0 Å². The summed E-state index contributed by atoms with van der Waals surface area (Å²) in [6.45, 7) is 1.22. The SMILES string of the molecule is O=C1CCOCC1Cc1ccc2c(c1)CCC2. The molecular weight excluding hydrogens is 212 g/mol. The summed E-state index contributed by atoms with van der Waals surface area (Å²) >= 11 is 0. The lowest BCUT2D eigenvalue weighted by molar-refractivity contribution is -0.130. The molecular formula is C15H18O2. The molecule has 1 aliphatic carbocycles. The van der Waals surface area contributed by atoms with Crippen LogP contribution in [0, 0.1) is 5.92 Å². The van der Waals surface area contributed by atoms with Gasteiger partial charge in [-0.1, -0.05) is 18.2 Å². The Kier molecular flexibility index (Phi) is 2.98. The maximum Gasteiger partial charge on any atom is 0.140 e. The Morgan fingerprint density at radius 3 is 2.94 bits per heavy atom. The van der Waals surface area contributed by atoms with Crippen LogP contribution in [0.25, 0.3) is 0 Å². The zero-order chi connectivity index (χ0) is 11.7. The van der Waals surface area contributed by atoms with Gasteiger partial charge in [0.1, 0.15) is 5.78 Å². The Labute approximate surface area is 102 Å². The molecule has 1 atom stereocenters. The number of carbonyl (C=O) groups is 1. The first-order valence-electron chi connectivity index (χ1n) is 6.54. The van der Waals surface area contributed by atoms with Gasteiger partial charge in [-0.25, -0.2) is 0 Å². The van der Waals surface area contributed by atoms with Crippen LogP contribution >= 0.6 is 0 Å². The van der Waals surface area contributed by atoms with Gasteiger partial charge in [-0.15, -0.1) is 0 Å². The molecule has 17 heavy (non-hydrogen) atoms. The van der Waals surface area contributed by atoms with Gasteiger partial charge in [0.25, 0.3) is 0 Å². The molecule has 2 aliphatic rings. The van der Waals surface area contributed by atoms with Crippen LogP contribution in [0.4, 0.5) is 0 Å². The minimum Gasteiger partial charge on any atom is -0.380 e. The molecule has 1 saturated heterocycles. The van der Waals surface area contributed by atoms with Gasteiger partial charge in [-0.3, -0.25) is 4.79 Å². The van der Waals surface area contributed by atoms with Crippen molar-refractivity contribution >= 4 is 5.78 Å². The number of hydrogen-bond acceptors (Lipinski definition) is 2. The highest BCUT2D eigenvalue weighted by Crippen LogP contribution is 2.24. The summed E-state index contributed by atoms with van der Waals surface area (Å²) in [5, 5.41) is 0. The lowest BCUT2D eigenvalue weighted by Gasteiger charge is -2.21. The Hall–Kier alpha value is -1.15. The first-order chi connectivity index (χ1) is 8.33. The fourth-order valence-electron chi connectivity index (χ4n) is 2.90. The zero-order valence-electron chi connectivity index (χ0n) is 10.1. The molecule has 1 unspecified atom stereocenters. The van der Waals surface area contributed by atoms with Crippen molar-refractivity contribution in [3.63, 3.8) is 0 Å². The fraction of sp³-hybridized carbons (Fsp3) is 0.533. The van der Waals surface area contributed by atoms with Crippen molar-refractivity contribution in [2.75, 3.05) is 13.2 Å². The van der Waals surface area contributed by atoms with Crippen molar-refractivity contribution in [3.05, 3.63) is 34.9 Å². The van der Waals surface area contributed by atoms with Crippen molar-refractivity contribution < 1.29 is 9.53 Å². The van der Waals surface area contributed by atoms with Gasteiger partial charge in [-0.2, -0.15) is 0 Å². The molecule has 0 aromatic heterocycles. The number of rotatable bonds is 2. The number of ether oxygens (including phenoxy) is 1. The lowest BCUT2D eigenvalue weighted by atomic mass is 9.92. The molecule has 0 N–H and O–H groups in total. The van der Waals surface area contributed by atoms with Gasteiger partial charge in [0.15, 0.2) is 0 Å². The van der Waals surface area contributed by atoms with Crippen LogP contribution in [0.3, 0.4) is 0 Å². The number of benzene rings is 1. The highest BCUT2D eigenvalue weighted by molar-refractivity contribution is 5.82. The topological polar surface area (TPSA) is 26.3 Å². The number of ketones is 1. The maximum absolute atomic E-state index is 11.8. The Bertz CT molecular complexity index is 437. The van der Waals surface area contributed by atoms with Gasteiger partial charge in [0.05, 0.1) is 13.2 Å². The van der Waals surface area contributed by atoms with Crippen LogP contribution < -0.4 is 0 Å². The van der Waals surface area contributed by atoms with Gasteiger partial charge in [0.2, 0.25) is 0 Å². The largest absolute Gasteiger partial charge is 0.380 e. The van der Waals surface area contributed by atoms with Crippen LogP contribution in [0.5, 0.6) is 0 Å². The molecule has 1 heterocycles. The lowest BCUT2D eigenvalue weighted by Crippen LogP contribution is -2.29. The number of aryl methyl sites for hydroxylation is 2. The number of carbonyl (C=O) groups excluding carboxylic acids is 1. The van der Waals surface area contributed by atoms with E-state index in [-0.39, 0.29) is 5.92 Å². The van der Waals surface area contributed by atoms with E-state index in [2.05, 4.69) is 18.2 Å². The molecule has 3 rings (SSSR count). The van der Waals surface area contributed by atoms with Crippen LogP contribution in [-0.2, 0) is 28.8 Å². The van der Waals surface area contributed by atoms with Gasteiger partial charge in [0, 0.05) is 12.3 Å². The van der Waals surface area contributed by atoms with E-state index in [0.717, 1.165) is 6.42 Å². The minimum atomic E-state index is 0.0863. The summed E-state index contributed by atoms with van der Waals surface area (Å²) in [5.74, 6) is 0.458. The van der Waals surface area contributed by atoms with Crippen LogP contribution in [0.1, 0.15) is 29.5 Å². The summed E-state index contributed by atoms with van der Waals surface area (Å²) in [6.07, 6.45) is 5.16. The number of fused-ring (bicyclic) bond motifs is 1.